The zero-order chi connectivity index (χ0) is 15.9. The van der Waals surface area contributed by atoms with Crippen molar-refractivity contribution in [1.82, 2.24) is 0 Å². The lowest BCUT2D eigenvalue weighted by Crippen LogP contribution is -2.10. The van der Waals surface area contributed by atoms with Crippen molar-refractivity contribution in [3.05, 3.63) is 102 Å². The van der Waals surface area contributed by atoms with E-state index < -0.39 is 0 Å². The predicted molar refractivity (Wildman–Crippen MR) is 97.3 cm³/mol. The molecule has 0 aromatic heterocycles. The van der Waals surface area contributed by atoms with Gasteiger partial charge in [0.05, 0.1) is 0 Å². The van der Waals surface area contributed by atoms with Gasteiger partial charge in [-0.2, -0.15) is 0 Å². The highest BCUT2D eigenvalue weighted by molar-refractivity contribution is 5.50. The predicted octanol–water partition coefficient (Wildman–Crippen LogP) is 5.20. The molecule has 0 saturated heterocycles. The average molecular weight is 297 g/mol. The fourth-order valence-electron chi connectivity index (χ4n) is 2.48. The smallest absolute Gasteiger partial charge is 0.114 e. The Morgan fingerprint density at radius 2 is 1.35 bits per heavy atom. The minimum absolute atomic E-state index is 0.0428. The second-order valence-corrected chi connectivity index (χ2v) is 5.44. The number of hydrogen-bond donors (Lipinski definition) is 1. The molecule has 0 bridgehead atoms. The maximum absolute atomic E-state index is 3.53. The molecule has 0 fully saturated rings. The summed E-state index contributed by atoms with van der Waals surface area (Å²) in [6, 6.07) is 28.6. The SMILES string of the molecule is Cc1ccccc1C(C#Cc1ccccc1)Nc1ccccc1. The molecule has 1 N–H and O–H groups in total. The molecule has 1 atom stereocenters. The highest BCUT2D eigenvalue weighted by Crippen LogP contribution is 2.22. The van der Waals surface area contributed by atoms with Gasteiger partial charge >= 0.3 is 0 Å². The van der Waals surface area contributed by atoms with E-state index in [1.54, 1.807) is 0 Å². The van der Waals surface area contributed by atoms with Gasteiger partial charge in [0.1, 0.15) is 6.04 Å². The van der Waals surface area contributed by atoms with Crippen LogP contribution in [0, 0.1) is 18.8 Å². The van der Waals surface area contributed by atoms with Gasteiger partial charge in [-0.1, -0.05) is 72.5 Å². The molecule has 0 aliphatic heterocycles. The summed E-state index contributed by atoms with van der Waals surface area (Å²) in [5.41, 5.74) is 4.55. The van der Waals surface area contributed by atoms with E-state index in [-0.39, 0.29) is 6.04 Å². The molecule has 0 radical (unpaired) electrons. The Balaban J connectivity index is 1.94. The van der Waals surface area contributed by atoms with Crippen molar-refractivity contribution in [2.75, 3.05) is 5.32 Å². The molecule has 23 heavy (non-hydrogen) atoms. The number of nitrogens with one attached hydrogen (secondary N) is 1. The van der Waals surface area contributed by atoms with Crippen molar-refractivity contribution in [3.8, 4) is 11.8 Å². The van der Waals surface area contributed by atoms with E-state index >= 15 is 0 Å². The second kappa shape index (κ2) is 7.33. The van der Waals surface area contributed by atoms with Gasteiger partial charge in [0.15, 0.2) is 0 Å². The second-order valence-electron chi connectivity index (χ2n) is 5.44. The van der Waals surface area contributed by atoms with Crippen LogP contribution in [0.3, 0.4) is 0 Å². The summed E-state index contributed by atoms with van der Waals surface area (Å²) in [7, 11) is 0. The Hall–Kier alpha value is -2.98. The summed E-state index contributed by atoms with van der Waals surface area (Å²) in [5.74, 6) is 6.66. The van der Waals surface area contributed by atoms with Crippen LogP contribution < -0.4 is 5.32 Å². The van der Waals surface area contributed by atoms with Crippen LogP contribution in [0.5, 0.6) is 0 Å². The van der Waals surface area contributed by atoms with Gasteiger partial charge in [-0.3, -0.25) is 0 Å². The van der Waals surface area contributed by atoms with Crippen LogP contribution >= 0.6 is 0 Å². The summed E-state index contributed by atoms with van der Waals surface area (Å²) in [6.07, 6.45) is 0. The van der Waals surface area contributed by atoms with Crippen LogP contribution in [-0.2, 0) is 0 Å². The fourth-order valence-corrected chi connectivity index (χ4v) is 2.48. The van der Waals surface area contributed by atoms with Gasteiger partial charge < -0.3 is 5.32 Å². The molecule has 3 rings (SSSR count). The van der Waals surface area contributed by atoms with Crippen molar-refractivity contribution >= 4 is 5.69 Å². The molecule has 3 aromatic rings. The first-order chi connectivity index (χ1) is 11.3. The van der Waals surface area contributed by atoms with Gasteiger partial charge in [-0.25, -0.2) is 0 Å². The molecule has 0 spiro atoms. The van der Waals surface area contributed by atoms with Crippen molar-refractivity contribution in [3.63, 3.8) is 0 Å². The first kappa shape index (κ1) is 14.9. The minimum atomic E-state index is -0.0428. The van der Waals surface area contributed by atoms with Gasteiger partial charge in [0.2, 0.25) is 0 Å². The Morgan fingerprint density at radius 1 is 0.739 bits per heavy atom. The fraction of sp³-hybridized carbons (Fsp3) is 0.0909. The maximum atomic E-state index is 3.53. The third-order valence-electron chi connectivity index (χ3n) is 3.72. The van der Waals surface area contributed by atoms with Gasteiger partial charge in [-0.05, 0) is 42.3 Å². The van der Waals surface area contributed by atoms with Gasteiger partial charge in [0, 0.05) is 11.3 Å². The lowest BCUT2D eigenvalue weighted by atomic mass is 10.0. The van der Waals surface area contributed by atoms with E-state index in [1.165, 1.54) is 11.1 Å². The first-order valence-electron chi connectivity index (χ1n) is 7.76. The standard InChI is InChI=1S/C22H19N/c1-18-10-8-9-15-21(18)22(23-20-13-6-3-7-14-20)17-16-19-11-4-2-5-12-19/h2-15,22-23H,1H3. The van der Waals surface area contributed by atoms with Crippen LogP contribution in [0.15, 0.2) is 84.9 Å². The minimum Gasteiger partial charge on any atom is -0.368 e. The first-order valence-corrected chi connectivity index (χ1v) is 7.76. The molecule has 1 heteroatoms. The summed E-state index contributed by atoms with van der Waals surface area (Å²) in [5, 5.41) is 3.53. The molecule has 1 nitrogen and oxygen atoms in total. The lowest BCUT2D eigenvalue weighted by Gasteiger charge is -2.17. The lowest BCUT2D eigenvalue weighted by molar-refractivity contribution is 1.00. The summed E-state index contributed by atoms with van der Waals surface area (Å²) in [4.78, 5) is 0. The number of rotatable bonds is 3. The van der Waals surface area contributed by atoms with Gasteiger partial charge in [0.25, 0.3) is 0 Å². The summed E-state index contributed by atoms with van der Waals surface area (Å²) in [6.45, 7) is 2.12. The molecule has 0 aliphatic rings. The molecule has 0 aliphatic carbocycles. The molecule has 3 aromatic carbocycles. The third-order valence-corrected chi connectivity index (χ3v) is 3.72. The van der Waals surface area contributed by atoms with Crippen molar-refractivity contribution in [2.45, 2.75) is 13.0 Å². The highest BCUT2D eigenvalue weighted by atomic mass is 14.9. The van der Waals surface area contributed by atoms with Crippen molar-refractivity contribution < 1.29 is 0 Å². The molecule has 0 saturated carbocycles. The highest BCUT2D eigenvalue weighted by Gasteiger charge is 2.10. The van der Waals surface area contributed by atoms with Crippen LogP contribution in [-0.4, -0.2) is 0 Å². The van der Waals surface area contributed by atoms with E-state index in [9.17, 15) is 0 Å². The van der Waals surface area contributed by atoms with Gasteiger partial charge in [-0.15, -0.1) is 0 Å². The number of para-hydroxylation sites is 1. The van der Waals surface area contributed by atoms with E-state index in [0.717, 1.165) is 11.3 Å². The Labute approximate surface area is 138 Å². The Kier molecular flexibility index (Phi) is 4.76. The zero-order valence-electron chi connectivity index (χ0n) is 13.2. The third kappa shape index (κ3) is 4.02. The van der Waals surface area contributed by atoms with Crippen LogP contribution in [0.1, 0.15) is 22.7 Å². The van der Waals surface area contributed by atoms with E-state index in [1.807, 2.05) is 48.5 Å². The quantitative estimate of drug-likeness (QED) is 0.655. The number of benzene rings is 3. The van der Waals surface area contributed by atoms with Crippen LogP contribution in [0.25, 0.3) is 0 Å². The normalized spacial score (nSPS) is 11.2. The van der Waals surface area contributed by atoms with Crippen molar-refractivity contribution in [1.29, 1.82) is 0 Å². The topological polar surface area (TPSA) is 12.0 Å². The summed E-state index contributed by atoms with van der Waals surface area (Å²) < 4.78 is 0. The number of hydrogen-bond acceptors (Lipinski definition) is 1. The van der Waals surface area contributed by atoms with E-state index in [2.05, 4.69) is 60.5 Å². The molecular weight excluding hydrogens is 278 g/mol. The maximum Gasteiger partial charge on any atom is 0.114 e. The average Bonchev–Trinajstić information content (AvgIpc) is 2.61. The largest absolute Gasteiger partial charge is 0.368 e. The monoisotopic (exact) mass is 297 g/mol. The van der Waals surface area contributed by atoms with Crippen LogP contribution in [0.2, 0.25) is 0 Å². The number of aryl methyl sites for hydroxylation is 1. The van der Waals surface area contributed by atoms with Crippen molar-refractivity contribution in [2.24, 2.45) is 0 Å². The molecule has 0 amide bonds. The Morgan fingerprint density at radius 3 is 2.04 bits per heavy atom. The number of anilines is 1. The molecular formula is C22H19N. The molecule has 0 heterocycles. The summed E-state index contributed by atoms with van der Waals surface area (Å²) >= 11 is 0. The van der Waals surface area contributed by atoms with E-state index in [4.69, 9.17) is 0 Å². The Bertz CT molecular complexity index is 811. The molecule has 112 valence electrons. The molecule has 1 unspecified atom stereocenters. The van der Waals surface area contributed by atoms with E-state index in [0.29, 0.717) is 0 Å². The zero-order valence-corrected chi connectivity index (χ0v) is 13.2. The van der Waals surface area contributed by atoms with Crippen LogP contribution in [0.4, 0.5) is 5.69 Å².